The Bertz CT molecular complexity index is 788. The number of carbonyl (C=O) groups is 2. The Labute approximate surface area is 177 Å². The van der Waals surface area contributed by atoms with E-state index in [1.165, 1.54) is 14.2 Å². The molecule has 0 radical (unpaired) electrons. The molecule has 1 aromatic rings. The molecule has 0 aromatic heterocycles. The van der Waals surface area contributed by atoms with Gasteiger partial charge in [-0.2, -0.15) is 0 Å². The number of hydrogen-bond donors (Lipinski definition) is 2. The Kier molecular flexibility index (Phi) is 7.91. The highest BCUT2D eigenvalue weighted by Gasteiger charge is 2.27. The van der Waals surface area contributed by atoms with Gasteiger partial charge in [-0.25, -0.2) is 9.59 Å². The zero-order valence-corrected chi connectivity index (χ0v) is 18.6. The van der Waals surface area contributed by atoms with Crippen molar-refractivity contribution in [1.82, 2.24) is 15.5 Å². The highest BCUT2D eigenvalue weighted by molar-refractivity contribution is 5.92. The van der Waals surface area contributed by atoms with Gasteiger partial charge in [-0.15, -0.1) is 0 Å². The number of likely N-dealkylation sites (tertiary alicyclic amines) is 1. The van der Waals surface area contributed by atoms with E-state index >= 15 is 0 Å². The van der Waals surface area contributed by atoms with Crippen LogP contribution in [0.5, 0.6) is 5.75 Å². The molecule has 1 heterocycles. The number of hydrogen-bond acceptors (Lipinski definition) is 6. The molecule has 2 rings (SSSR count). The first-order valence-corrected chi connectivity index (χ1v) is 9.87. The molecule has 1 unspecified atom stereocenters. The number of nitrogens with one attached hydrogen (secondary N) is 2. The first kappa shape index (κ1) is 23.3. The maximum atomic E-state index is 12.0. The van der Waals surface area contributed by atoms with E-state index in [0.29, 0.717) is 24.4 Å². The maximum absolute atomic E-state index is 12.0. The second-order valence-corrected chi connectivity index (χ2v) is 8.00. The molecule has 166 valence electrons. The third-order valence-corrected chi connectivity index (χ3v) is 4.54. The Balaban J connectivity index is 1.94. The number of methoxy groups -OCH3 is 2. The van der Waals surface area contributed by atoms with Crippen molar-refractivity contribution in [2.75, 3.05) is 34.4 Å². The Hall–Kier alpha value is -2.97. The van der Waals surface area contributed by atoms with Crippen molar-refractivity contribution in [3.63, 3.8) is 0 Å². The van der Waals surface area contributed by atoms with E-state index in [4.69, 9.17) is 14.2 Å². The molecule has 1 aliphatic rings. The van der Waals surface area contributed by atoms with Crippen LogP contribution in [-0.4, -0.2) is 68.9 Å². The number of carbonyl (C=O) groups excluding carboxylic acids is 2. The van der Waals surface area contributed by atoms with Crippen molar-refractivity contribution in [3.05, 3.63) is 29.3 Å². The highest BCUT2D eigenvalue weighted by atomic mass is 16.6. The minimum Gasteiger partial charge on any atom is -0.496 e. The molecule has 9 heteroatoms. The summed E-state index contributed by atoms with van der Waals surface area (Å²) in [4.78, 5) is 30.4. The standard InChI is InChI=1S/C21H32N4O5/c1-21(2,3)30-20(27)24-15-9-10-25(13-15)19(22-4)23-12-14-7-8-17(28-5)16(11-14)18(26)29-6/h7-8,11,15H,9-10,12-13H2,1-6H3,(H,22,23)(H,24,27). The number of ether oxygens (including phenoxy) is 3. The quantitative estimate of drug-likeness (QED) is 0.428. The van der Waals surface area contributed by atoms with E-state index in [2.05, 4.69) is 20.5 Å². The summed E-state index contributed by atoms with van der Waals surface area (Å²) in [5.74, 6) is 0.734. The minimum absolute atomic E-state index is 0.00897. The second kappa shape index (κ2) is 10.2. The van der Waals surface area contributed by atoms with Gasteiger partial charge in [0.1, 0.15) is 16.9 Å². The summed E-state index contributed by atoms with van der Waals surface area (Å²) >= 11 is 0. The number of guanidine groups is 1. The van der Waals surface area contributed by atoms with Crippen LogP contribution < -0.4 is 15.4 Å². The van der Waals surface area contributed by atoms with E-state index in [0.717, 1.165) is 24.5 Å². The number of aliphatic imine (C=N–C) groups is 1. The molecule has 0 aliphatic carbocycles. The minimum atomic E-state index is -0.526. The van der Waals surface area contributed by atoms with Crippen molar-refractivity contribution < 1.29 is 23.8 Å². The van der Waals surface area contributed by atoms with Gasteiger partial charge >= 0.3 is 12.1 Å². The van der Waals surface area contributed by atoms with Gasteiger partial charge in [0, 0.05) is 26.7 Å². The van der Waals surface area contributed by atoms with Gasteiger partial charge in [0.15, 0.2) is 5.96 Å². The summed E-state index contributed by atoms with van der Waals surface area (Å²) in [5.41, 5.74) is 0.735. The van der Waals surface area contributed by atoms with Crippen molar-refractivity contribution in [1.29, 1.82) is 0 Å². The van der Waals surface area contributed by atoms with Crippen molar-refractivity contribution in [2.24, 2.45) is 4.99 Å². The van der Waals surface area contributed by atoms with E-state index in [9.17, 15) is 9.59 Å². The molecule has 9 nitrogen and oxygen atoms in total. The molecule has 1 saturated heterocycles. The summed E-state index contributed by atoms with van der Waals surface area (Å²) in [6.45, 7) is 7.38. The molecule has 0 spiro atoms. The largest absolute Gasteiger partial charge is 0.496 e. The lowest BCUT2D eigenvalue weighted by Crippen LogP contribution is -2.44. The average molecular weight is 421 g/mol. The van der Waals surface area contributed by atoms with Crippen LogP contribution in [0.1, 0.15) is 43.1 Å². The lowest BCUT2D eigenvalue weighted by Gasteiger charge is -2.23. The first-order chi connectivity index (χ1) is 14.2. The SMILES string of the molecule is CN=C(NCc1ccc(OC)c(C(=O)OC)c1)N1CCC(NC(=O)OC(C)(C)C)C1. The summed E-state index contributed by atoms with van der Waals surface area (Å²) in [5, 5.41) is 6.21. The summed E-state index contributed by atoms with van der Waals surface area (Å²) in [6.07, 6.45) is 0.389. The van der Waals surface area contributed by atoms with Gasteiger partial charge < -0.3 is 29.7 Å². The van der Waals surface area contributed by atoms with Crippen LogP contribution in [0.3, 0.4) is 0 Å². The molecule has 0 bridgehead atoms. The van der Waals surface area contributed by atoms with Crippen LogP contribution in [0.4, 0.5) is 4.79 Å². The van der Waals surface area contributed by atoms with Crippen LogP contribution in [0.15, 0.2) is 23.2 Å². The zero-order valence-electron chi connectivity index (χ0n) is 18.6. The zero-order chi connectivity index (χ0) is 22.3. The molecule has 1 aromatic carbocycles. The molecular weight excluding hydrogens is 388 g/mol. The smallest absolute Gasteiger partial charge is 0.407 e. The monoisotopic (exact) mass is 420 g/mol. The molecule has 30 heavy (non-hydrogen) atoms. The number of benzene rings is 1. The van der Waals surface area contributed by atoms with Crippen LogP contribution in [0, 0.1) is 0 Å². The van der Waals surface area contributed by atoms with Crippen LogP contribution in [0.2, 0.25) is 0 Å². The molecule has 0 saturated carbocycles. The van der Waals surface area contributed by atoms with Gasteiger partial charge in [-0.3, -0.25) is 4.99 Å². The third-order valence-electron chi connectivity index (χ3n) is 4.54. The summed E-state index contributed by atoms with van der Waals surface area (Å²) in [6, 6.07) is 5.35. The molecule has 2 N–H and O–H groups in total. The van der Waals surface area contributed by atoms with Gasteiger partial charge in [-0.05, 0) is 44.9 Å². The fraction of sp³-hybridized carbons (Fsp3) is 0.571. The summed E-state index contributed by atoms with van der Waals surface area (Å²) < 4.78 is 15.4. The molecule has 1 atom stereocenters. The lowest BCUT2D eigenvalue weighted by molar-refractivity contribution is 0.0506. The summed E-state index contributed by atoms with van der Waals surface area (Å²) in [7, 11) is 4.56. The second-order valence-electron chi connectivity index (χ2n) is 8.00. The van der Waals surface area contributed by atoms with Crippen molar-refractivity contribution >= 4 is 18.0 Å². The predicted molar refractivity (Wildman–Crippen MR) is 114 cm³/mol. The third kappa shape index (κ3) is 6.53. The predicted octanol–water partition coefficient (Wildman–Crippen LogP) is 2.16. The lowest BCUT2D eigenvalue weighted by atomic mass is 10.1. The number of rotatable bonds is 5. The molecular formula is C21H32N4O5. The Morgan fingerprint density at radius 1 is 1.27 bits per heavy atom. The van der Waals surface area contributed by atoms with E-state index in [-0.39, 0.29) is 6.04 Å². The van der Waals surface area contributed by atoms with Crippen LogP contribution in [0.25, 0.3) is 0 Å². The van der Waals surface area contributed by atoms with Crippen LogP contribution in [-0.2, 0) is 16.0 Å². The molecule has 1 amide bonds. The van der Waals surface area contributed by atoms with Gasteiger partial charge in [0.2, 0.25) is 0 Å². The number of esters is 1. The van der Waals surface area contributed by atoms with Gasteiger partial charge in [0.05, 0.1) is 20.3 Å². The maximum Gasteiger partial charge on any atom is 0.407 e. The number of nitrogens with zero attached hydrogens (tertiary/aromatic N) is 2. The van der Waals surface area contributed by atoms with Crippen LogP contribution >= 0.6 is 0 Å². The normalized spacial score (nSPS) is 16.8. The van der Waals surface area contributed by atoms with Crippen molar-refractivity contribution in [2.45, 2.75) is 45.4 Å². The fourth-order valence-electron chi connectivity index (χ4n) is 3.19. The average Bonchev–Trinajstić information content (AvgIpc) is 3.14. The molecule has 1 aliphatic heterocycles. The Morgan fingerprint density at radius 2 is 2.00 bits per heavy atom. The highest BCUT2D eigenvalue weighted by Crippen LogP contribution is 2.21. The van der Waals surface area contributed by atoms with Crippen molar-refractivity contribution in [3.8, 4) is 5.75 Å². The molecule has 1 fully saturated rings. The Morgan fingerprint density at radius 3 is 2.60 bits per heavy atom. The number of alkyl carbamates (subject to hydrolysis) is 1. The topological polar surface area (TPSA) is 101 Å². The van der Waals surface area contributed by atoms with E-state index in [1.807, 2.05) is 26.8 Å². The van der Waals surface area contributed by atoms with Gasteiger partial charge in [0.25, 0.3) is 0 Å². The first-order valence-electron chi connectivity index (χ1n) is 9.87. The van der Waals surface area contributed by atoms with E-state index in [1.54, 1.807) is 19.2 Å². The van der Waals surface area contributed by atoms with Gasteiger partial charge in [-0.1, -0.05) is 6.07 Å². The fourth-order valence-corrected chi connectivity index (χ4v) is 3.19. The number of amides is 1. The van der Waals surface area contributed by atoms with E-state index < -0.39 is 17.7 Å².